The van der Waals surface area contributed by atoms with E-state index in [0.29, 0.717) is 12.8 Å². The molecule has 0 rings (SSSR count). The summed E-state index contributed by atoms with van der Waals surface area (Å²) in [6, 6.07) is 0. The number of aliphatic carboxylic acids is 1. The molecular formula is C37H62O4. The predicted molar refractivity (Wildman–Crippen MR) is 176 cm³/mol. The van der Waals surface area contributed by atoms with Crippen molar-refractivity contribution in [2.45, 2.75) is 161 Å². The van der Waals surface area contributed by atoms with Crippen LogP contribution in [0.2, 0.25) is 0 Å². The third-order valence-corrected chi connectivity index (χ3v) is 6.96. The fourth-order valence-corrected chi connectivity index (χ4v) is 4.50. The Hall–Kier alpha value is -2.36. The van der Waals surface area contributed by atoms with Crippen molar-refractivity contribution in [1.82, 2.24) is 0 Å². The third kappa shape index (κ3) is 32.0. The molecule has 0 aliphatic carbocycles. The topological polar surface area (TPSA) is 63.6 Å². The van der Waals surface area contributed by atoms with Crippen molar-refractivity contribution in [3.63, 3.8) is 0 Å². The molecule has 0 heterocycles. The van der Waals surface area contributed by atoms with Crippen molar-refractivity contribution >= 4 is 11.9 Å². The zero-order valence-corrected chi connectivity index (χ0v) is 26.6. The molecule has 0 amide bonds. The zero-order chi connectivity index (χ0) is 30.1. The van der Waals surface area contributed by atoms with E-state index in [1.165, 1.54) is 64.2 Å². The molecular weight excluding hydrogens is 508 g/mol. The van der Waals surface area contributed by atoms with Gasteiger partial charge >= 0.3 is 11.9 Å². The largest absolute Gasteiger partial charge is 0.481 e. The van der Waals surface area contributed by atoms with Gasteiger partial charge in [0, 0.05) is 12.8 Å². The summed E-state index contributed by atoms with van der Waals surface area (Å²) in [6.07, 6.45) is 43.8. The van der Waals surface area contributed by atoms with Crippen LogP contribution in [-0.4, -0.2) is 23.1 Å². The van der Waals surface area contributed by atoms with Gasteiger partial charge in [-0.2, -0.15) is 0 Å². The number of ether oxygens (including phenoxy) is 1. The summed E-state index contributed by atoms with van der Waals surface area (Å²) in [6.45, 7) is 4.40. The highest BCUT2D eigenvalue weighted by atomic mass is 16.5. The lowest BCUT2D eigenvalue weighted by Gasteiger charge is -2.14. The maximum Gasteiger partial charge on any atom is 0.306 e. The summed E-state index contributed by atoms with van der Waals surface area (Å²) in [5.74, 6) is -0.874. The van der Waals surface area contributed by atoms with Gasteiger partial charge in [-0.1, -0.05) is 120 Å². The van der Waals surface area contributed by atoms with E-state index < -0.39 is 5.97 Å². The van der Waals surface area contributed by atoms with E-state index >= 15 is 0 Å². The minimum atomic E-state index is -0.753. The zero-order valence-electron chi connectivity index (χ0n) is 26.6. The lowest BCUT2D eigenvalue weighted by Crippen LogP contribution is -2.16. The van der Waals surface area contributed by atoms with Crippen LogP contribution in [0.3, 0.4) is 0 Å². The molecule has 0 saturated heterocycles. The number of rotatable bonds is 29. The molecule has 4 nitrogen and oxygen atoms in total. The number of carbonyl (C=O) groups is 2. The van der Waals surface area contributed by atoms with Gasteiger partial charge in [0.2, 0.25) is 0 Å². The third-order valence-electron chi connectivity index (χ3n) is 6.96. The fourth-order valence-electron chi connectivity index (χ4n) is 4.50. The van der Waals surface area contributed by atoms with Gasteiger partial charge in [0.25, 0.3) is 0 Å². The Morgan fingerprint density at radius 1 is 0.585 bits per heavy atom. The van der Waals surface area contributed by atoms with Crippen molar-refractivity contribution in [2.24, 2.45) is 0 Å². The van der Waals surface area contributed by atoms with Gasteiger partial charge in [-0.15, -0.1) is 0 Å². The van der Waals surface area contributed by atoms with E-state index in [0.717, 1.165) is 57.8 Å². The number of carbonyl (C=O) groups excluding carboxylic acids is 1. The Balaban J connectivity index is 4.18. The molecule has 4 heteroatoms. The minimum Gasteiger partial charge on any atom is -0.481 e. The summed E-state index contributed by atoms with van der Waals surface area (Å²) in [7, 11) is 0. The first-order valence-electron chi connectivity index (χ1n) is 16.8. The molecule has 0 spiro atoms. The first-order valence-corrected chi connectivity index (χ1v) is 16.8. The molecule has 0 aliphatic heterocycles. The first kappa shape index (κ1) is 38.6. The van der Waals surface area contributed by atoms with Crippen molar-refractivity contribution in [3.8, 4) is 0 Å². The van der Waals surface area contributed by atoms with Crippen LogP contribution in [0.5, 0.6) is 0 Å². The molecule has 0 saturated carbocycles. The van der Waals surface area contributed by atoms with Crippen molar-refractivity contribution < 1.29 is 19.4 Å². The van der Waals surface area contributed by atoms with Gasteiger partial charge in [-0.25, -0.2) is 0 Å². The predicted octanol–water partition coefficient (Wildman–Crippen LogP) is 11.4. The second-order valence-electron chi connectivity index (χ2n) is 11.0. The Kier molecular flexibility index (Phi) is 30.3. The van der Waals surface area contributed by atoms with Crippen molar-refractivity contribution in [2.75, 3.05) is 0 Å². The van der Waals surface area contributed by atoms with Crippen LogP contribution in [0.4, 0.5) is 0 Å². The molecule has 0 radical (unpaired) electrons. The van der Waals surface area contributed by atoms with Gasteiger partial charge in [-0.3, -0.25) is 9.59 Å². The molecule has 0 aliphatic rings. The van der Waals surface area contributed by atoms with Crippen LogP contribution in [0.1, 0.15) is 155 Å². The van der Waals surface area contributed by atoms with E-state index in [1.807, 2.05) is 6.08 Å². The van der Waals surface area contributed by atoms with E-state index in [1.54, 1.807) is 0 Å². The Morgan fingerprint density at radius 2 is 1.10 bits per heavy atom. The molecule has 0 aromatic heterocycles. The van der Waals surface area contributed by atoms with Crippen molar-refractivity contribution in [3.05, 3.63) is 60.8 Å². The lowest BCUT2D eigenvalue weighted by atomic mass is 10.1. The number of allylic oxidation sites excluding steroid dienone is 9. The van der Waals surface area contributed by atoms with Gasteiger partial charge in [0.15, 0.2) is 0 Å². The molecule has 1 atom stereocenters. The number of carboxylic acids is 1. The minimum absolute atomic E-state index is 0.121. The molecule has 1 N–H and O–H groups in total. The van der Waals surface area contributed by atoms with Gasteiger partial charge < -0.3 is 9.84 Å². The number of hydrogen-bond donors (Lipinski definition) is 1. The molecule has 0 aromatic carbocycles. The standard InChI is InChI=1S/C37H62O4/c1-3-5-7-9-11-13-15-16-17-19-21-23-25-30-34-37(40)41-35(32-28-26-29-33-36(38)39)31-27-24-22-20-18-14-12-10-8-6-4-2/h6,8,12,14-16,20,22,27,31,35H,3-5,7,9-11,13,17-19,21,23-26,28-30,32-34H2,1-2H3,(H,38,39)/b8-6-,14-12-,16-15-,22-20-,31-27-. The molecule has 0 aromatic rings. The Morgan fingerprint density at radius 3 is 1.71 bits per heavy atom. The van der Waals surface area contributed by atoms with Crippen LogP contribution >= 0.6 is 0 Å². The summed E-state index contributed by atoms with van der Waals surface area (Å²) in [4.78, 5) is 23.2. The molecule has 234 valence electrons. The summed E-state index contributed by atoms with van der Waals surface area (Å²) in [5, 5.41) is 8.84. The number of carboxylic acid groups (broad SMARTS) is 1. The van der Waals surface area contributed by atoms with Gasteiger partial charge in [-0.05, 0) is 83.1 Å². The monoisotopic (exact) mass is 570 g/mol. The highest BCUT2D eigenvalue weighted by Gasteiger charge is 2.11. The maximum absolute atomic E-state index is 12.5. The number of unbranched alkanes of at least 4 members (excludes halogenated alkanes) is 12. The second kappa shape index (κ2) is 32.2. The highest BCUT2D eigenvalue weighted by Crippen LogP contribution is 2.14. The summed E-state index contributed by atoms with van der Waals surface area (Å²) >= 11 is 0. The Bertz CT molecular complexity index is 744. The van der Waals surface area contributed by atoms with Crippen LogP contribution in [0.15, 0.2) is 60.8 Å². The highest BCUT2D eigenvalue weighted by molar-refractivity contribution is 5.69. The second-order valence-corrected chi connectivity index (χ2v) is 11.0. The maximum atomic E-state index is 12.5. The molecule has 0 fully saturated rings. The molecule has 0 bridgehead atoms. The quantitative estimate of drug-likeness (QED) is 0.0552. The molecule has 41 heavy (non-hydrogen) atoms. The smallest absolute Gasteiger partial charge is 0.306 e. The summed E-state index contributed by atoms with van der Waals surface area (Å²) < 4.78 is 5.79. The van der Waals surface area contributed by atoms with Crippen molar-refractivity contribution in [1.29, 1.82) is 0 Å². The van der Waals surface area contributed by atoms with Gasteiger partial charge in [0.05, 0.1) is 0 Å². The number of esters is 1. The fraction of sp³-hybridized carbons (Fsp3) is 0.676. The van der Waals surface area contributed by atoms with Crippen LogP contribution in [0.25, 0.3) is 0 Å². The Labute approximate surface area is 253 Å². The lowest BCUT2D eigenvalue weighted by molar-refractivity contribution is -0.147. The van der Waals surface area contributed by atoms with E-state index in [-0.39, 0.29) is 18.5 Å². The van der Waals surface area contributed by atoms with E-state index in [9.17, 15) is 9.59 Å². The SMILES string of the molecule is CC/C=C\C/C=C\C/C=C\C/C=C\C(CCCCCC(=O)O)OC(=O)CCCCCCC/C=C\CCCCCCC. The molecule has 1 unspecified atom stereocenters. The first-order chi connectivity index (χ1) is 20.1. The van der Waals surface area contributed by atoms with Crippen LogP contribution < -0.4 is 0 Å². The average molecular weight is 571 g/mol. The average Bonchev–Trinajstić information content (AvgIpc) is 2.95. The van der Waals surface area contributed by atoms with E-state index in [4.69, 9.17) is 9.84 Å². The van der Waals surface area contributed by atoms with Crippen LogP contribution in [0, 0.1) is 0 Å². The van der Waals surface area contributed by atoms with E-state index in [2.05, 4.69) is 68.5 Å². The summed E-state index contributed by atoms with van der Waals surface area (Å²) in [5.41, 5.74) is 0. The normalized spacial score (nSPS) is 13.0. The van der Waals surface area contributed by atoms with Crippen LogP contribution in [-0.2, 0) is 14.3 Å². The van der Waals surface area contributed by atoms with Gasteiger partial charge in [0.1, 0.15) is 6.10 Å². The number of hydrogen-bond acceptors (Lipinski definition) is 3.